The molecule has 0 saturated carbocycles. The van der Waals surface area contributed by atoms with Gasteiger partial charge in [-0.25, -0.2) is 55.3 Å². The lowest BCUT2D eigenvalue weighted by Gasteiger charge is -2.16. The van der Waals surface area contributed by atoms with Crippen LogP contribution in [-0.4, -0.2) is 58.9 Å². The number of pyridine rings is 7. The van der Waals surface area contributed by atoms with E-state index < -0.39 is 163 Å². The Morgan fingerprint density at radius 1 is 0.416 bits per heavy atom. The summed E-state index contributed by atoms with van der Waals surface area (Å²) < 4.78 is 341. The number of alkyl halides is 15. The molecule has 5 aromatic carbocycles. The Kier molecular flexibility index (Phi) is 36.8. The molecule has 0 amide bonds. The first-order valence-corrected chi connectivity index (χ1v) is 42.4. The second-order valence-electron chi connectivity index (χ2n) is 24.6. The van der Waals surface area contributed by atoms with Gasteiger partial charge in [0.05, 0.1) is 39.3 Å². The molecule has 12 rings (SSSR count). The summed E-state index contributed by atoms with van der Waals surface area (Å²) in [5.41, 5.74) is 0.708. The topological polar surface area (TPSA) is 282 Å². The van der Waals surface area contributed by atoms with E-state index in [1.807, 2.05) is 4.72 Å². The van der Waals surface area contributed by atoms with E-state index in [4.69, 9.17) is 49.7 Å². The molecule has 50 heteroatoms. The van der Waals surface area contributed by atoms with Gasteiger partial charge in [-0.15, -0.1) is 0 Å². The third-order valence-corrected chi connectivity index (χ3v) is 18.6. The van der Waals surface area contributed by atoms with Crippen LogP contribution in [0.4, 0.5) is 108 Å². The maximum atomic E-state index is 13.6. The minimum atomic E-state index is -4.82. The van der Waals surface area contributed by atoms with Gasteiger partial charge in [-0.3, -0.25) is 9.29 Å². The molecular weight excluding hydrogens is 1910 g/mol. The minimum absolute atomic E-state index is 0.0373. The number of sulfonamides is 1. The second kappa shape index (κ2) is 43.7. The van der Waals surface area contributed by atoms with Crippen LogP contribution >= 0.6 is 72.8 Å². The molecule has 125 heavy (non-hydrogen) atoms. The highest BCUT2D eigenvalue weighted by Gasteiger charge is 2.41. The zero-order valence-corrected chi connectivity index (χ0v) is 70.0. The summed E-state index contributed by atoms with van der Waals surface area (Å²) in [5.74, 6) is -5.63. The largest absolute Gasteiger partial charge is 0.618 e. The number of halogens is 28. The highest BCUT2D eigenvalue weighted by molar-refractivity contribution is 8.24. The lowest BCUT2D eigenvalue weighted by Crippen LogP contribution is -2.32. The van der Waals surface area contributed by atoms with Crippen molar-refractivity contribution in [2.75, 3.05) is 10.5 Å². The highest BCUT2D eigenvalue weighted by atomic mass is 36.0. The van der Waals surface area contributed by atoms with E-state index >= 15 is 0 Å². The third-order valence-electron chi connectivity index (χ3n) is 15.5. The predicted molar refractivity (Wildman–Crippen MR) is 422 cm³/mol. The molecule has 0 aliphatic carbocycles. The summed E-state index contributed by atoms with van der Waals surface area (Å²) in [6.07, 6.45) is -21.4. The van der Waals surface area contributed by atoms with Gasteiger partial charge in [0.1, 0.15) is 57.0 Å². The lowest BCUT2D eigenvalue weighted by molar-refractivity contribution is -0.604. The van der Waals surface area contributed by atoms with Gasteiger partial charge >= 0.3 is 43.2 Å². The number of nitrogens with zero attached hydrogens (tertiary/aromatic N) is 7. The molecule has 0 spiro atoms. The molecule has 0 unspecified atom stereocenters. The average Bonchev–Trinajstić information content (AvgIpc) is 0.796. The molecule has 668 valence electrons. The lowest BCUT2D eigenvalue weighted by atomic mass is 9.77. The molecule has 0 bridgehead atoms. The highest BCUT2D eigenvalue weighted by Crippen LogP contribution is 2.61. The predicted octanol–water partition coefficient (Wildman–Crippen LogP) is 22.4. The Bertz CT molecular complexity index is 6000. The van der Waals surface area contributed by atoms with Crippen molar-refractivity contribution in [3.8, 4) is 45.0 Å². The van der Waals surface area contributed by atoms with Crippen molar-refractivity contribution in [1.82, 2.24) is 24.9 Å². The smallest absolute Gasteiger partial charge is 0.488 e. The summed E-state index contributed by atoms with van der Waals surface area (Å²) in [7, 11) is -5.04. The maximum absolute atomic E-state index is 13.6. The van der Waals surface area contributed by atoms with Gasteiger partial charge in [-0.1, -0.05) is 59.6 Å². The first kappa shape index (κ1) is 105. The normalized spacial score (nSPS) is 11.6. The quantitative estimate of drug-likeness (QED) is 0.0199. The number of anilines is 2. The van der Waals surface area contributed by atoms with Crippen molar-refractivity contribution in [2.45, 2.75) is 75.6 Å². The monoisotopic (exact) mass is 1960 g/mol. The number of hydrogen-bond donors (Lipinski definition) is 4. The fraction of sp³-hybridized carbons (Fsp3) is 0.133. The van der Waals surface area contributed by atoms with Gasteiger partial charge in [0, 0.05) is 39.5 Å². The van der Waals surface area contributed by atoms with Crippen LogP contribution in [0.2, 0.25) is 10.3 Å². The Morgan fingerprint density at radius 3 is 1.14 bits per heavy atom. The Balaban J connectivity index is 0.000000263. The SMILES string of the molecule is Cc1ccc(F)cc1-c1c(C(F)(F)F)ccc[n+]1[O-].Cc1ccc(F)cc1-c1nc(Cl)ccc1C(F)(F)F.Cc1ccc(F)cc1-c1nc(N)ccc1C(F)(F)F.Cc1ccc(F)cc1-c1nc(NS(=O)(=O)c2cccc(F)n2)ccc1C(F)(F)F.Cc1ccc(F)cc1B(O)O.O=P(Cl)(Cl)Cl.O=S(=O)(Cl)c1cccc(F)n1.[O-][n+]1cccc(C(F)(F)F)c1Cl. The molecule has 0 fully saturated rings. The average molecular weight is 1960 g/mol. The van der Waals surface area contributed by atoms with Crippen LogP contribution < -0.4 is 25.4 Å². The van der Waals surface area contributed by atoms with E-state index in [1.165, 1.54) is 68.4 Å². The number of rotatable bonds is 9. The van der Waals surface area contributed by atoms with E-state index in [2.05, 4.69) is 58.6 Å². The zero-order valence-electron chi connectivity index (χ0n) is 62.9. The third kappa shape index (κ3) is 32.6. The van der Waals surface area contributed by atoms with Gasteiger partial charge in [0.25, 0.3) is 24.2 Å². The molecule has 5 N–H and O–H groups in total. The van der Waals surface area contributed by atoms with Crippen molar-refractivity contribution >= 4 is 116 Å². The second-order valence-corrected chi connectivity index (χ2v) is 36.2. The Labute approximate surface area is 723 Å². The van der Waals surface area contributed by atoms with Crippen LogP contribution in [0.15, 0.2) is 211 Å². The van der Waals surface area contributed by atoms with Crippen LogP contribution in [0.3, 0.4) is 0 Å². The molecule has 0 aliphatic rings. The number of aryl methyl sites for hydroxylation is 5. The fourth-order valence-corrected chi connectivity index (χ4v) is 12.0. The first-order valence-electron chi connectivity index (χ1n) is 33.4. The van der Waals surface area contributed by atoms with Crippen LogP contribution in [0, 0.1) is 86.0 Å². The first-order chi connectivity index (χ1) is 57.4. The van der Waals surface area contributed by atoms with Crippen LogP contribution in [0.25, 0.3) is 45.0 Å². The summed E-state index contributed by atoms with van der Waals surface area (Å²) in [6, 6.07) is 32.9. The Hall–Kier alpha value is -10.3. The van der Waals surface area contributed by atoms with E-state index in [1.54, 1.807) is 20.8 Å². The Morgan fingerprint density at radius 2 is 0.760 bits per heavy atom. The molecule has 0 radical (unpaired) electrons. The van der Waals surface area contributed by atoms with E-state index in [0.29, 0.717) is 33.9 Å². The molecule has 0 saturated heterocycles. The summed E-state index contributed by atoms with van der Waals surface area (Å²) in [5, 5.41) is 34.3. The fourth-order valence-electron chi connectivity index (χ4n) is 9.93. The zero-order chi connectivity index (χ0) is 94.8. The van der Waals surface area contributed by atoms with Crippen LogP contribution in [-0.2, 0) is 54.5 Å². The van der Waals surface area contributed by atoms with Crippen LogP contribution in [0.5, 0.6) is 0 Å². The van der Waals surface area contributed by atoms with Gasteiger partial charge < -0.3 is 26.2 Å². The van der Waals surface area contributed by atoms with Gasteiger partial charge in [0.15, 0.2) is 22.4 Å². The molecule has 12 aromatic rings. The molecule has 0 atom stereocenters. The van der Waals surface area contributed by atoms with Crippen molar-refractivity contribution in [2.24, 2.45) is 0 Å². The van der Waals surface area contributed by atoms with E-state index in [9.17, 15) is 128 Å². The van der Waals surface area contributed by atoms with Crippen molar-refractivity contribution < 1.29 is 137 Å². The number of nitrogen functional groups attached to an aromatic ring is 1. The number of benzene rings is 5. The summed E-state index contributed by atoms with van der Waals surface area (Å²) in [4.78, 5) is 17.4. The number of hydrogen-bond acceptors (Lipinski definition) is 15. The molecule has 18 nitrogen and oxygen atoms in total. The van der Waals surface area contributed by atoms with Crippen molar-refractivity contribution in [1.29, 1.82) is 0 Å². The van der Waals surface area contributed by atoms with Gasteiger partial charge in [-0.2, -0.15) is 92.5 Å². The van der Waals surface area contributed by atoms with E-state index in [0.717, 1.165) is 140 Å². The van der Waals surface area contributed by atoms with Gasteiger partial charge in [-0.05, 0) is 241 Å². The standard InChI is InChI=1S/C18H12F5N3O2S.C13H8ClF4N.C13H10F4N2.C13H9F4NO.C7H8BFO2.C6H3ClF3NO.C5H3ClFNO2S.Cl3OP/c1-10-5-6-11(19)9-12(10)17-13(18(21,22)23)7-8-15(25-17)26-29(27,28)16-4-2-3-14(20)24-16;1-7-2-3-8(15)6-9(7)12-10(13(16,17)18)4-5-11(14)19-12;1-7-2-3-8(14)6-9(7)12-10(13(15,16)17)4-5-11(18)19-12;1-8-4-5-9(14)7-10(8)12-11(13(15,16)17)3-2-6-18(12)19;1-5-2-3-6(9)4-7(5)8(10)11;7-5-4(6(8,9)10)2-1-3-11(5)12;6-11(9,10)5-3-1-2-4(7)8-5;1-5(2,3)4/h2-9H,1H3,(H,25,26);2-6H,1H3;2-6H,1H3,(H2,18,19);2-7H,1H3;2-4,10-11H,1H3;1-3H;1-3H;. The molecule has 7 heterocycles. The number of aromatic nitrogens is 7. The molecule has 0 aliphatic heterocycles. The van der Waals surface area contributed by atoms with Gasteiger partial charge in [0.2, 0.25) is 17.6 Å². The number of nitrogens with one attached hydrogen (secondary N) is 1. The molecular formula is C75H53BCl6F22N9O9PS2. The van der Waals surface area contributed by atoms with Crippen LogP contribution in [0.1, 0.15) is 55.6 Å². The van der Waals surface area contributed by atoms with E-state index in [-0.39, 0.29) is 59.5 Å². The van der Waals surface area contributed by atoms with Crippen molar-refractivity contribution in [3.05, 3.63) is 318 Å². The van der Waals surface area contributed by atoms with Crippen molar-refractivity contribution in [3.63, 3.8) is 0 Å². The minimum Gasteiger partial charge on any atom is -0.618 e. The number of nitrogens with two attached hydrogens (primary N) is 1. The molecule has 7 aromatic heterocycles. The maximum Gasteiger partial charge on any atom is 0.488 e. The summed E-state index contributed by atoms with van der Waals surface area (Å²) in [6.45, 7) is 7.83. The summed E-state index contributed by atoms with van der Waals surface area (Å²) >= 11 is 24.6.